The Kier molecular flexibility index (Phi) is 5.81. The van der Waals surface area contributed by atoms with Gasteiger partial charge in [-0.2, -0.15) is 0 Å². The van der Waals surface area contributed by atoms with Crippen LogP contribution in [0.2, 0.25) is 0 Å². The molecule has 0 spiro atoms. The van der Waals surface area contributed by atoms with Crippen LogP contribution in [0, 0.1) is 12.8 Å². The number of aromatic amines is 2. The third kappa shape index (κ3) is 4.45. The van der Waals surface area contributed by atoms with Gasteiger partial charge in [0.25, 0.3) is 0 Å². The topological polar surface area (TPSA) is 69.4 Å². The summed E-state index contributed by atoms with van der Waals surface area (Å²) in [5.74, 6) is 3.60. The van der Waals surface area contributed by atoms with Crippen LogP contribution in [-0.2, 0) is 0 Å². The molecule has 4 atom stereocenters. The average molecular weight is 466 g/mol. The third-order valence-corrected chi connectivity index (χ3v) is 8.02. The highest BCUT2D eigenvalue weighted by atomic mass is 15.1. The highest BCUT2D eigenvalue weighted by molar-refractivity contribution is 5.73. The second kappa shape index (κ2) is 9.12. The Morgan fingerprint density at radius 2 is 1.46 bits per heavy atom. The van der Waals surface area contributed by atoms with Crippen LogP contribution in [0.5, 0.6) is 0 Å². The third-order valence-electron chi connectivity index (χ3n) is 8.02. The number of benzene rings is 2. The molecule has 2 aromatic heterocycles. The Labute approximate surface area is 207 Å². The van der Waals surface area contributed by atoms with Crippen molar-refractivity contribution in [2.24, 2.45) is 5.92 Å². The van der Waals surface area contributed by atoms with Gasteiger partial charge in [-0.05, 0) is 74.1 Å². The van der Waals surface area contributed by atoms with Crippen LogP contribution in [-0.4, -0.2) is 26.0 Å². The fourth-order valence-corrected chi connectivity index (χ4v) is 5.93. The minimum Gasteiger partial charge on any atom is -0.342 e. The molecule has 35 heavy (non-hydrogen) atoms. The van der Waals surface area contributed by atoms with Crippen LogP contribution < -0.4 is 5.32 Å². The number of H-pyrrole nitrogens is 2. The summed E-state index contributed by atoms with van der Waals surface area (Å²) in [6.07, 6.45) is 10.1. The number of aryl methyl sites for hydroxylation is 1. The number of aromatic nitrogens is 4. The number of hydrogen-bond acceptors (Lipinski definition) is 3. The van der Waals surface area contributed by atoms with Gasteiger partial charge < -0.3 is 15.3 Å². The van der Waals surface area contributed by atoms with Gasteiger partial charge in [-0.1, -0.05) is 49.4 Å². The summed E-state index contributed by atoms with van der Waals surface area (Å²) in [6.45, 7) is 6.76. The second-order valence-electron chi connectivity index (χ2n) is 10.8. The monoisotopic (exact) mass is 465 g/mol. The van der Waals surface area contributed by atoms with E-state index in [1.165, 1.54) is 53.5 Å². The van der Waals surface area contributed by atoms with E-state index in [0.717, 1.165) is 35.4 Å². The van der Waals surface area contributed by atoms with Crippen LogP contribution >= 0.6 is 0 Å². The molecule has 3 heterocycles. The molecular formula is C30H35N5. The van der Waals surface area contributed by atoms with Crippen LogP contribution in [0.25, 0.3) is 33.6 Å². The normalized spacial score (nSPS) is 24.3. The van der Waals surface area contributed by atoms with Gasteiger partial charge in [0.05, 0.1) is 29.8 Å². The summed E-state index contributed by atoms with van der Waals surface area (Å²) < 4.78 is 0. The average Bonchev–Trinajstić information content (AvgIpc) is 3.66. The molecule has 5 heteroatoms. The van der Waals surface area contributed by atoms with Gasteiger partial charge in [0.1, 0.15) is 11.6 Å². The predicted octanol–water partition coefficient (Wildman–Crippen LogP) is 7.16. The van der Waals surface area contributed by atoms with E-state index in [0.29, 0.717) is 18.0 Å². The van der Waals surface area contributed by atoms with Gasteiger partial charge in [-0.25, -0.2) is 9.97 Å². The molecular weight excluding hydrogens is 430 g/mol. The van der Waals surface area contributed by atoms with Crippen LogP contribution in [0.15, 0.2) is 54.9 Å². The second-order valence-corrected chi connectivity index (χ2v) is 10.8. The molecule has 1 saturated heterocycles. The molecule has 6 rings (SSSR count). The largest absolute Gasteiger partial charge is 0.342 e. The van der Waals surface area contributed by atoms with Crippen molar-refractivity contribution in [2.75, 3.05) is 0 Å². The van der Waals surface area contributed by atoms with E-state index in [9.17, 15) is 0 Å². The number of nitrogens with one attached hydrogen (secondary N) is 3. The van der Waals surface area contributed by atoms with E-state index in [2.05, 4.69) is 83.5 Å². The highest BCUT2D eigenvalue weighted by Gasteiger charge is 2.25. The van der Waals surface area contributed by atoms with Gasteiger partial charge in [0, 0.05) is 17.5 Å². The zero-order valence-corrected chi connectivity index (χ0v) is 20.9. The van der Waals surface area contributed by atoms with Gasteiger partial charge in [0.2, 0.25) is 0 Å². The Morgan fingerprint density at radius 3 is 2.17 bits per heavy atom. The van der Waals surface area contributed by atoms with E-state index >= 15 is 0 Å². The van der Waals surface area contributed by atoms with Gasteiger partial charge >= 0.3 is 0 Å². The zero-order chi connectivity index (χ0) is 23.9. The van der Waals surface area contributed by atoms with Crippen molar-refractivity contribution in [1.29, 1.82) is 0 Å². The summed E-state index contributed by atoms with van der Waals surface area (Å²) in [4.78, 5) is 16.5. The molecule has 1 aliphatic heterocycles. The predicted molar refractivity (Wildman–Crippen MR) is 142 cm³/mol. The molecule has 4 aromatic rings. The van der Waals surface area contributed by atoms with Crippen molar-refractivity contribution in [3.8, 4) is 33.6 Å². The molecule has 1 saturated carbocycles. The van der Waals surface area contributed by atoms with Gasteiger partial charge in [0.15, 0.2) is 0 Å². The smallest absolute Gasteiger partial charge is 0.123 e. The molecule has 0 amide bonds. The Balaban J connectivity index is 1.18. The van der Waals surface area contributed by atoms with E-state index in [-0.39, 0.29) is 0 Å². The van der Waals surface area contributed by atoms with E-state index in [4.69, 9.17) is 4.98 Å². The summed E-state index contributed by atoms with van der Waals surface area (Å²) in [5, 5.41) is 3.61. The first-order chi connectivity index (χ1) is 17.0. The van der Waals surface area contributed by atoms with Crippen molar-refractivity contribution in [1.82, 2.24) is 25.3 Å². The lowest BCUT2D eigenvalue weighted by Gasteiger charge is -2.10. The summed E-state index contributed by atoms with van der Waals surface area (Å²) in [6, 6.07) is 16.4. The molecule has 2 fully saturated rings. The maximum absolute atomic E-state index is 4.70. The number of hydrogen-bond donors (Lipinski definition) is 3. The van der Waals surface area contributed by atoms with Crippen molar-refractivity contribution < 1.29 is 0 Å². The van der Waals surface area contributed by atoms with Crippen molar-refractivity contribution in [2.45, 2.75) is 70.9 Å². The van der Waals surface area contributed by atoms with Crippen LogP contribution in [0.3, 0.4) is 0 Å². The molecule has 2 aliphatic rings. The Bertz CT molecular complexity index is 1310. The minimum atomic E-state index is 0.338. The van der Waals surface area contributed by atoms with E-state index in [1.54, 1.807) is 0 Å². The lowest BCUT2D eigenvalue weighted by Crippen LogP contribution is -2.21. The molecule has 1 aliphatic carbocycles. The highest BCUT2D eigenvalue weighted by Crippen LogP contribution is 2.37. The molecule has 0 radical (unpaired) electrons. The van der Waals surface area contributed by atoms with Crippen LogP contribution in [0.1, 0.15) is 75.1 Å². The van der Waals surface area contributed by atoms with Crippen molar-refractivity contribution in [3.05, 3.63) is 72.1 Å². The van der Waals surface area contributed by atoms with E-state index in [1.807, 2.05) is 12.4 Å². The van der Waals surface area contributed by atoms with Gasteiger partial charge in [-0.15, -0.1) is 0 Å². The molecule has 180 valence electrons. The lowest BCUT2D eigenvalue weighted by atomic mass is 9.97. The standard InChI is InChI=1S/C30H35N5/c1-18-4-6-24(14-18)29-31-16-27(34-29)22-9-7-21(8-10-22)23-11-12-25(19(2)15-23)28-17-32-30(35-28)26-13-5-20(3)33-26/h7-12,15-18,20,24,26,33H,4-6,13-14H2,1-3H3,(H,31,34)(H,32,35)/t18-,20-,24+,26-/m0/s1. The quantitative estimate of drug-likeness (QED) is 0.293. The number of imidazole rings is 2. The molecule has 3 N–H and O–H groups in total. The number of nitrogens with zero attached hydrogens (tertiary/aromatic N) is 2. The zero-order valence-electron chi connectivity index (χ0n) is 20.9. The maximum atomic E-state index is 4.70. The first-order valence-electron chi connectivity index (χ1n) is 13.1. The summed E-state index contributed by atoms with van der Waals surface area (Å²) in [7, 11) is 0. The Hall–Kier alpha value is -3.18. The SMILES string of the molecule is Cc1cc(-c2ccc(-c3cnc([C@@H]4CC[C@H](C)C4)[nH]3)cc2)ccc1-c1cnc([C@@H]2CC[C@H](C)N2)[nH]1. The summed E-state index contributed by atoms with van der Waals surface area (Å²) >= 11 is 0. The van der Waals surface area contributed by atoms with E-state index < -0.39 is 0 Å². The summed E-state index contributed by atoms with van der Waals surface area (Å²) in [5.41, 5.74) is 8.30. The van der Waals surface area contributed by atoms with Crippen molar-refractivity contribution in [3.63, 3.8) is 0 Å². The molecule has 0 unspecified atom stereocenters. The minimum absolute atomic E-state index is 0.338. The van der Waals surface area contributed by atoms with Gasteiger partial charge in [-0.3, -0.25) is 0 Å². The molecule has 0 bridgehead atoms. The fraction of sp³-hybridized carbons (Fsp3) is 0.400. The maximum Gasteiger partial charge on any atom is 0.123 e. The Morgan fingerprint density at radius 1 is 0.743 bits per heavy atom. The van der Waals surface area contributed by atoms with Crippen LogP contribution in [0.4, 0.5) is 0 Å². The molecule has 2 aromatic carbocycles. The molecule has 5 nitrogen and oxygen atoms in total. The fourth-order valence-electron chi connectivity index (χ4n) is 5.93. The first kappa shape index (κ1) is 22.3. The lowest BCUT2D eigenvalue weighted by molar-refractivity contribution is 0.564. The first-order valence-corrected chi connectivity index (χ1v) is 13.1. The van der Waals surface area contributed by atoms with Crippen molar-refractivity contribution >= 4 is 0 Å². The number of rotatable bonds is 5.